The summed E-state index contributed by atoms with van der Waals surface area (Å²) in [6.07, 6.45) is -0.694. The lowest BCUT2D eigenvalue weighted by atomic mass is 10.1. The summed E-state index contributed by atoms with van der Waals surface area (Å²) in [7, 11) is 0. The fourth-order valence-electron chi connectivity index (χ4n) is 2.95. The van der Waals surface area contributed by atoms with Crippen molar-refractivity contribution in [3.63, 3.8) is 0 Å². The summed E-state index contributed by atoms with van der Waals surface area (Å²) >= 11 is 3.27. The molecule has 1 heterocycles. The highest BCUT2D eigenvalue weighted by Gasteiger charge is 2.42. The molecule has 7 nitrogen and oxygen atoms in total. The van der Waals surface area contributed by atoms with Gasteiger partial charge in [0, 0.05) is 22.5 Å². The summed E-state index contributed by atoms with van der Waals surface area (Å²) < 4.78 is 40.3. The molecule has 166 valence electrons. The van der Waals surface area contributed by atoms with Crippen LogP contribution in [0.1, 0.15) is 37.6 Å². The highest BCUT2D eigenvalue weighted by molar-refractivity contribution is 9.10. The number of esters is 1. The molecule has 0 saturated carbocycles. The van der Waals surface area contributed by atoms with E-state index >= 15 is 0 Å². The molecule has 0 spiro atoms. The molecule has 10 heteroatoms. The Morgan fingerprint density at radius 3 is 2.40 bits per heavy atom. The Bertz CT molecular complexity index is 766. The molecule has 30 heavy (non-hydrogen) atoms. The first-order valence-corrected chi connectivity index (χ1v) is 10.1. The Labute approximate surface area is 181 Å². The molecule has 1 aromatic rings. The van der Waals surface area contributed by atoms with Crippen molar-refractivity contribution in [1.82, 2.24) is 4.90 Å². The van der Waals surface area contributed by atoms with Crippen LogP contribution in [0.3, 0.4) is 0 Å². The molecule has 0 aromatic heterocycles. The number of nitrogens with zero attached hydrogens (tertiary/aromatic N) is 1. The molecule has 0 aliphatic carbocycles. The van der Waals surface area contributed by atoms with E-state index in [-0.39, 0.29) is 19.6 Å². The number of carbonyl (C=O) groups excluding carboxylic acids is 3. The number of alkyl halides is 2. The van der Waals surface area contributed by atoms with Gasteiger partial charge < -0.3 is 14.2 Å². The zero-order valence-electron chi connectivity index (χ0n) is 16.9. The van der Waals surface area contributed by atoms with Crippen LogP contribution in [0.2, 0.25) is 0 Å². The van der Waals surface area contributed by atoms with Crippen LogP contribution in [-0.2, 0) is 19.0 Å². The highest BCUT2D eigenvalue weighted by atomic mass is 79.9. The maximum atomic E-state index is 12.6. The molecule has 1 amide bonds. The van der Waals surface area contributed by atoms with Crippen LogP contribution >= 0.6 is 15.9 Å². The maximum Gasteiger partial charge on any atom is 0.411 e. The van der Waals surface area contributed by atoms with Gasteiger partial charge in [-0.1, -0.05) is 28.1 Å². The Morgan fingerprint density at radius 2 is 1.83 bits per heavy atom. The summed E-state index contributed by atoms with van der Waals surface area (Å²) in [5.74, 6) is -1.70. The quantitative estimate of drug-likeness (QED) is 0.422. The van der Waals surface area contributed by atoms with E-state index in [0.29, 0.717) is 5.56 Å². The molecule has 1 fully saturated rings. The molecule has 1 aliphatic heterocycles. The number of rotatable bonds is 7. The Balaban J connectivity index is 2.03. The number of Topliss-reactive ketones (excluding diaryl/α,β-unsaturated/α-hetero) is 1. The van der Waals surface area contributed by atoms with Crippen molar-refractivity contribution in [1.29, 1.82) is 0 Å². The highest BCUT2D eigenvalue weighted by Crippen LogP contribution is 2.27. The summed E-state index contributed by atoms with van der Waals surface area (Å²) in [4.78, 5) is 38.4. The van der Waals surface area contributed by atoms with Crippen LogP contribution in [0, 0.1) is 5.92 Å². The largest absolute Gasteiger partial charge is 0.456 e. The number of hydrogen-bond acceptors (Lipinski definition) is 6. The van der Waals surface area contributed by atoms with Gasteiger partial charge in [0.25, 0.3) is 0 Å². The van der Waals surface area contributed by atoms with Gasteiger partial charge >= 0.3 is 18.7 Å². The molecule has 1 aromatic carbocycles. The number of halogens is 3. The lowest BCUT2D eigenvalue weighted by molar-refractivity contribution is -0.147. The molecule has 2 atom stereocenters. The van der Waals surface area contributed by atoms with Crippen molar-refractivity contribution in [2.24, 2.45) is 5.92 Å². The van der Waals surface area contributed by atoms with Gasteiger partial charge in [-0.2, -0.15) is 8.78 Å². The van der Waals surface area contributed by atoms with Crippen molar-refractivity contribution in [3.05, 3.63) is 34.3 Å². The lowest BCUT2D eigenvalue weighted by Crippen LogP contribution is -2.44. The van der Waals surface area contributed by atoms with Gasteiger partial charge in [0.2, 0.25) is 0 Å². The molecule has 0 radical (unpaired) electrons. The Morgan fingerprint density at radius 1 is 1.20 bits per heavy atom. The Hall–Kier alpha value is -2.07. The van der Waals surface area contributed by atoms with Crippen molar-refractivity contribution >= 4 is 33.8 Å². The lowest BCUT2D eigenvalue weighted by Gasteiger charge is -2.27. The minimum atomic E-state index is -2.95. The van der Waals surface area contributed by atoms with Crippen LogP contribution in [0.25, 0.3) is 0 Å². The maximum absolute atomic E-state index is 12.6. The average Bonchev–Trinajstić information content (AvgIpc) is 3.08. The summed E-state index contributed by atoms with van der Waals surface area (Å²) in [6.45, 7) is 1.24. The minimum absolute atomic E-state index is 0.00204. The second-order valence-corrected chi connectivity index (χ2v) is 8.80. The van der Waals surface area contributed by atoms with E-state index in [2.05, 4.69) is 20.7 Å². The smallest absolute Gasteiger partial charge is 0.411 e. The van der Waals surface area contributed by atoms with Crippen LogP contribution in [0.15, 0.2) is 28.7 Å². The van der Waals surface area contributed by atoms with Gasteiger partial charge in [-0.25, -0.2) is 9.59 Å². The van der Waals surface area contributed by atoms with E-state index in [1.54, 1.807) is 45.0 Å². The van der Waals surface area contributed by atoms with Crippen molar-refractivity contribution in [2.75, 3.05) is 19.8 Å². The number of likely N-dealkylation sites (tertiary alicyclic amines) is 1. The topological polar surface area (TPSA) is 82.1 Å². The van der Waals surface area contributed by atoms with Gasteiger partial charge in [-0.15, -0.1) is 0 Å². The number of amides is 1. The van der Waals surface area contributed by atoms with Gasteiger partial charge in [0.1, 0.15) is 11.6 Å². The van der Waals surface area contributed by atoms with Gasteiger partial charge in [-0.05, 0) is 39.3 Å². The number of benzene rings is 1. The second-order valence-electron chi connectivity index (χ2n) is 7.88. The average molecular weight is 492 g/mol. The van der Waals surface area contributed by atoms with Gasteiger partial charge in [-0.3, -0.25) is 9.69 Å². The number of carbonyl (C=O) groups is 3. The second kappa shape index (κ2) is 10.3. The van der Waals surface area contributed by atoms with Gasteiger partial charge in [0.15, 0.2) is 12.4 Å². The van der Waals surface area contributed by atoms with Crippen LogP contribution in [0.5, 0.6) is 0 Å². The normalized spacial score (nSPS) is 19.1. The monoisotopic (exact) mass is 491 g/mol. The van der Waals surface area contributed by atoms with E-state index in [1.807, 2.05) is 0 Å². The fourth-order valence-corrected chi connectivity index (χ4v) is 3.21. The molecule has 0 N–H and O–H groups in total. The van der Waals surface area contributed by atoms with E-state index in [4.69, 9.17) is 9.47 Å². The van der Waals surface area contributed by atoms with Gasteiger partial charge in [0.05, 0.1) is 6.61 Å². The summed E-state index contributed by atoms with van der Waals surface area (Å²) in [5, 5.41) is 0. The zero-order chi connectivity index (χ0) is 22.5. The van der Waals surface area contributed by atoms with E-state index in [1.165, 1.54) is 0 Å². The Kier molecular flexibility index (Phi) is 8.31. The standard InChI is InChI=1S/C20H24BrF2NO6/c1-20(2,3)30-19(27)24-9-12(10-29-18(22)23)8-15(24)17(26)28-11-16(25)13-4-6-14(21)7-5-13/h4-7,12,15,18H,8-11H2,1-3H3. The van der Waals surface area contributed by atoms with E-state index in [9.17, 15) is 23.2 Å². The third kappa shape index (κ3) is 7.32. The molecule has 1 aliphatic rings. The zero-order valence-corrected chi connectivity index (χ0v) is 18.5. The molecule has 1 saturated heterocycles. The van der Waals surface area contributed by atoms with Crippen molar-refractivity contribution in [2.45, 2.75) is 45.4 Å². The van der Waals surface area contributed by atoms with E-state index < -0.39 is 48.6 Å². The van der Waals surface area contributed by atoms with Crippen LogP contribution in [0.4, 0.5) is 13.6 Å². The molecule has 2 rings (SSSR count). The fraction of sp³-hybridized carbons (Fsp3) is 0.550. The molecular formula is C20H24BrF2NO6. The molecular weight excluding hydrogens is 468 g/mol. The SMILES string of the molecule is CC(C)(C)OC(=O)N1CC(COC(F)F)CC1C(=O)OCC(=O)c1ccc(Br)cc1. The van der Waals surface area contributed by atoms with Crippen molar-refractivity contribution in [3.8, 4) is 0 Å². The van der Waals surface area contributed by atoms with Crippen LogP contribution in [-0.4, -0.2) is 60.8 Å². The first-order valence-electron chi connectivity index (χ1n) is 9.31. The summed E-state index contributed by atoms with van der Waals surface area (Å²) in [6, 6.07) is 5.48. The van der Waals surface area contributed by atoms with Crippen LogP contribution < -0.4 is 0 Å². The molecule has 0 bridgehead atoms. The first-order chi connectivity index (χ1) is 14.0. The third-order valence-corrected chi connectivity index (χ3v) is 4.79. The predicted molar refractivity (Wildman–Crippen MR) is 106 cm³/mol. The van der Waals surface area contributed by atoms with Crippen molar-refractivity contribution < 1.29 is 37.4 Å². The van der Waals surface area contributed by atoms with E-state index in [0.717, 1.165) is 9.37 Å². The number of hydrogen-bond donors (Lipinski definition) is 0. The predicted octanol–water partition coefficient (Wildman–Crippen LogP) is 4.04. The first kappa shape index (κ1) is 24.2. The number of ketones is 1. The number of ether oxygens (including phenoxy) is 3. The molecule has 2 unspecified atom stereocenters. The summed E-state index contributed by atoms with van der Waals surface area (Å²) in [5.41, 5.74) is -0.440. The third-order valence-electron chi connectivity index (χ3n) is 4.26. The minimum Gasteiger partial charge on any atom is -0.456 e.